The number of hydrogen-bond acceptors (Lipinski definition) is 9. The van der Waals surface area contributed by atoms with Gasteiger partial charge < -0.3 is 10.4 Å². The number of carbonyl (C=O) groups excluding carboxylic acids is 1. The van der Waals surface area contributed by atoms with Gasteiger partial charge in [0.25, 0.3) is 11.5 Å². The summed E-state index contributed by atoms with van der Waals surface area (Å²) in [7, 11) is 1.55. The lowest BCUT2D eigenvalue weighted by Gasteiger charge is -2.06. The Morgan fingerprint density at radius 3 is 2.80 bits per heavy atom. The summed E-state index contributed by atoms with van der Waals surface area (Å²) in [6.07, 6.45) is 0.682. The van der Waals surface area contributed by atoms with E-state index < -0.39 is 6.10 Å². The molecule has 0 saturated heterocycles. The molecule has 0 fully saturated rings. The zero-order valence-corrected chi connectivity index (χ0v) is 18.1. The van der Waals surface area contributed by atoms with Crippen molar-refractivity contribution in [2.75, 3.05) is 7.05 Å². The van der Waals surface area contributed by atoms with Gasteiger partial charge in [0.05, 0.1) is 29.7 Å². The van der Waals surface area contributed by atoms with Crippen molar-refractivity contribution >= 4 is 38.8 Å². The number of rotatable bonds is 6. The van der Waals surface area contributed by atoms with Crippen molar-refractivity contribution in [1.82, 2.24) is 35.1 Å². The molecule has 1 amide bonds. The third kappa shape index (κ3) is 3.76. The molecule has 12 heteroatoms. The normalized spacial score (nSPS) is 12.4. The summed E-state index contributed by atoms with van der Waals surface area (Å²) < 4.78 is 1.39. The Balaban J connectivity index is 1.56. The van der Waals surface area contributed by atoms with Gasteiger partial charge in [-0.2, -0.15) is 4.80 Å². The topological polar surface area (TPSA) is 128 Å². The lowest BCUT2D eigenvalue weighted by molar-refractivity contribution is 0.0966. The molecule has 0 radical (unpaired) electrons. The highest BCUT2D eigenvalue weighted by molar-refractivity contribution is 7.20. The van der Waals surface area contributed by atoms with E-state index in [-0.39, 0.29) is 24.6 Å². The van der Waals surface area contributed by atoms with Crippen LogP contribution >= 0.6 is 22.7 Å². The Morgan fingerprint density at radius 2 is 2.10 bits per heavy atom. The van der Waals surface area contributed by atoms with E-state index in [4.69, 9.17) is 0 Å². The molecule has 0 aromatic carbocycles. The summed E-state index contributed by atoms with van der Waals surface area (Å²) in [6.45, 7) is 3.96. The first-order valence-electron chi connectivity index (χ1n) is 9.09. The second kappa shape index (κ2) is 8.05. The number of hydrogen-bond donors (Lipinski definition) is 2. The smallest absolute Gasteiger partial charge is 0.262 e. The van der Waals surface area contributed by atoms with Crippen LogP contribution in [0.5, 0.6) is 0 Å². The minimum Gasteiger partial charge on any atom is -0.386 e. The van der Waals surface area contributed by atoms with Crippen LogP contribution in [0, 0.1) is 13.8 Å². The maximum Gasteiger partial charge on any atom is 0.262 e. The third-order valence-electron chi connectivity index (χ3n) is 4.58. The van der Waals surface area contributed by atoms with Gasteiger partial charge in [-0.3, -0.25) is 14.2 Å². The van der Waals surface area contributed by atoms with Crippen LogP contribution < -0.4 is 10.9 Å². The highest BCUT2D eigenvalue weighted by Gasteiger charge is 2.19. The molecule has 30 heavy (non-hydrogen) atoms. The minimum absolute atomic E-state index is 0.0839. The third-order valence-corrected chi connectivity index (χ3v) is 6.88. The Kier molecular flexibility index (Phi) is 5.45. The lowest BCUT2D eigenvalue weighted by Crippen LogP contribution is -2.22. The van der Waals surface area contributed by atoms with Crippen molar-refractivity contribution in [3.05, 3.63) is 54.8 Å². The van der Waals surface area contributed by atoms with Crippen LogP contribution in [0.15, 0.2) is 23.3 Å². The predicted octanol–water partition coefficient (Wildman–Crippen LogP) is 1.26. The summed E-state index contributed by atoms with van der Waals surface area (Å²) in [4.78, 5) is 33.5. The Hall–Kier alpha value is -2.96. The van der Waals surface area contributed by atoms with E-state index in [1.54, 1.807) is 14.0 Å². The van der Waals surface area contributed by atoms with Crippen molar-refractivity contribution in [1.29, 1.82) is 0 Å². The second-order valence-electron chi connectivity index (χ2n) is 6.72. The zero-order chi connectivity index (χ0) is 21.4. The molecule has 0 unspecified atom stereocenters. The molecule has 1 atom stereocenters. The van der Waals surface area contributed by atoms with Crippen LogP contribution in [0.25, 0.3) is 10.2 Å². The molecule has 0 spiro atoms. The fraction of sp³-hybridized carbons (Fsp3) is 0.333. The van der Waals surface area contributed by atoms with E-state index in [1.807, 2.05) is 19.1 Å². The van der Waals surface area contributed by atoms with Crippen molar-refractivity contribution in [2.24, 2.45) is 0 Å². The molecule has 4 aromatic rings. The van der Waals surface area contributed by atoms with Crippen molar-refractivity contribution in [3.63, 3.8) is 0 Å². The number of aliphatic hydroxyl groups is 1. The predicted molar refractivity (Wildman–Crippen MR) is 113 cm³/mol. The maximum absolute atomic E-state index is 12.9. The number of carbonyl (C=O) groups is 1. The highest BCUT2D eigenvalue weighted by atomic mass is 32.1. The number of aliphatic hydroxyl groups excluding tert-OH is 1. The molecular formula is C18H19N7O3S2. The Morgan fingerprint density at radius 1 is 1.30 bits per heavy atom. The highest BCUT2D eigenvalue weighted by Crippen LogP contribution is 2.26. The number of thiophene rings is 2. The molecule has 0 aliphatic rings. The van der Waals surface area contributed by atoms with Crippen molar-refractivity contribution < 1.29 is 9.90 Å². The SMILES string of the molecule is CNC(=O)c1sc2ncn(Cc3nnn(C[C@H](O)c4ccc(C)s4)n3)c(=O)c2c1C. The molecule has 10 nitrogen and oxygen atoms in total. The molecule has 0 saturated carbocycles. The van der Waals surface area contributed by atoms with Gasteiger partial charge in [-0.15, -0.1) is 32.9 Å². The molecule has 0 bridgehead atoms. The van der Waals surface area contributed by atoms with Gasteiger partial charge in [-0.1, -0.05) is 0 Å². The largest absolute Gasteiger partial charge is 0.386 e. The standard InChI is InChI=1S/C18H19N7O3S2/c1-9-4-5-12(29-9)11(26)6-25-22-13(21-23-25)7-24-8-20-17-14(18(24)28)10(2)15(30-17)16(27)19-3/h4-5,8,11,26H,6-7H2,1-3H3,(H,19,27)/t11-/m0/s1. The summed E-state index contributed by atoms with van der Waals surface area (Å²) >= 11 is 2.70. The first kappa shape index (κ1) is 20.3. The number of nitrogens with one attached hydrogen (secondary N) is 1. The van der Waals surface area contributed by atoms with Gasteiger partial charge in [0, 0.05) is 16.8 Å². The number of tetrazole rings is 1. The van der Waals surface area contributed by atoms with Gasteiger partial charge in [0.2, 0.25) is 0 Å². The van der Waals surface area contributed by atoms with Crippen LogP contribution in [0.1, 0.15) is 36.9 Å². The van der Waals surface area contributed by atoms with Gasteiger partial charge >= 0.3 is 0 Å². The Bertz CT molecular complexity index is 1290. The first-order chi connectivity index (χ1) is 14.4. The van der Waals surface area contributed by atoms with E-state index in [1.165, 1.54) is 38.4 Å². The second-order valence-corrected chi connectivity index (χ2v) is 9.04. The average molecular weight is 446 g/mol. The lowest BCUT2D eigenvalue weighted by atomic mass is 10.2. The number of aromatic nitrogens is 6. The zero-order valence-electron chi connectivity index (χ0n) is 16.5. The van der Waals surface area contributed by atoms with Crippen molar-refractivity contribution in [3.8, 4) is 0 Å². The van der Waals surface area contributed by atoms with E-state index in [2.05, 4.69) is 25.7 Å². The average Bonchev–Trinajstić information content (AvgIpc) is 3.43. The fourth-order valence-electron chi connectivity index (χ4n) is 3.05. The van der Waals surface area contributed by atoms with E-state index >= 15 is 0 Å². The fourth-order valence-corrected chi connectivity index (χ4v) is 4.99. The van der Waals surface area contributed by atoms with Gasteiger partial charge in [-0.25, -0.2) is 4.98 Å². The van der Waals surface area contributed by atoms with Crippen molar-refractivity contribution in [2.45, 2.75) is 33.0 Å². The molecule has 4 aromatic heterocycles. The summed E-state index contributed by atoms with van der Waals surface area (Å²) in [5, 5.41) is 25.5. The van der Waals surface area contributed by atoms with Crippen LogP contribution in [0.3, 0.4) is 0 Å². The van der Waals surface area contributed by atoms with E-state index in [9.17, 15) is 14.7 Å². The minimum atomic E-state index is -0.733. The molecule has 0 aliphatic carbocycles. The van der Waals surface area contributed by atoms with Crippen LogP contribution in [0.2, 0.25) is 0 Å². The number of fused-ring (bicyclic) bond motifs is 1. The summed E-state index contributed by atoms with van der Waals surface area (Å²) in [6, 6.07) is 3.82. The quantitative estimate of drug-likeness (QED) is 0.457. The summed E-state index contributed by atoms with van der Waals surface area (Å²) in [5.41, 5.74) is 0.335. The van der Waals surface area contributed by atoms with Gasteiger partial charge in [0.15, 0.2) is 5.82 Å². The number of amides is 1. The molecule has 4 heterocycles. The Labute approximate surface area is 178 Å². The van der Waals surface area contributed by atoms with Crippen LogP contribution in [-0.4, -0.2) is 47.8 Å². The number of aryl methyl sites for hydroxylation is 2. The van der Waals surface area contributed by atoms with Gasteiger partial charge in [-0.05, 0) is 36.8 Å². The molecule has 4 rings (SSSR count). The van der Waals surface area contributed by atoms with Crippen LogP contribution in [-0.2, 0) is 13.1 Å². The molecular weight excluding hydrogens is 426 g/mol. The summed E-state index contributed by atoms with van der Waals surface area (Å²) in [5.74, 6) is 0.0813. The molecule has 0 aliphatic heterocycles. The van der Waals surface area contributed by atoms with Crippen LogP contribution in [0.4, 0.5) is 0 Å². The van der Waals surface area contributed by atoms with E-state index in [0.717, 1.165) is 9.75 Å². The van der Waals surface area contributed by atoms with E-state index in [0.29, 0.717) is 26.5 Å². The monoisotopic (exact) mass is 445 g/mol. The molecule has 156 valence electrons. The molecule has 2 N–H and O–H groups in total. The van der Waals surface area contributed by atoms with Gasteiger partial charge in [0.1, 0.15) is 10.9 Å². The number of nitrogens with zero attached hydrogens (tertiary/aromatic N) is 6. The first-order valence-corrected chi connectivity index (χ1v) is 10.7. The maximum atomic E-state index is 12.9.